The van der Waals surface area contributed by atoms with Crippen LogP contribution < -0.4 is 0 Å². The number of rotatable bonds is 2. The van der Waals surface area contributed by atoms with Crippen LogP contribution in [-0.4, -0.2) is 22.5 Å². The molecule has 2 heteroatoms. The van der Waals surface area contributed by atoms with Gasteiger partial charge < -0.3 is 4.90 Å². The van der Waals surface area contributed by atoms with E-state index in [0.717, 1.165) is 11.5 Å². The van der Waals surface area contributed by atoms with Gasteiger partial charge in [-0.3, -0.25) is 0 Å². The first-order chi connectivity index (χ1) is 11.3. The molecule has 1 atom stereocenters. The van der Waals surface area contributed by atoms with E-state index >= 15 is 0 Å². The third kappa shape index (κ3) is 2.81. The van der Waals surface area contributed by atoms with Crippen LogP contribution >= 0.6 is 12.2 Å². The van der Waals surface area contributed by atoms with Gasteiger partial charge in [-0.05, 0) is 24.0 Å². The fourth-order valence-electron chi connectivity index (χ4n) is 4.21. The predicted octanol–water partition coefficient (Wildman–Crippen LogP) is 5.14. The smallest absolute Gasteiger partial charge is 0.109 e. The molecule has 0 amide bonds. The van der Waals surface area contributed by atoms with Crippen molar-refractivity contribution in [3.8, 4) is 0 Å². The molecule has 0 aromatic heterocycles. The number of thiocarbonyl (C=S) groups is 1. The van der Waals surface area contributed by atoms with Gasteiger partial charge in [0, 0.05) is 24.1 Å². The van der Waals surface area contributed by atoms with Gasteiger partial charge >= 0.3 is 0 Å². The monoisotopic (exact) mass is 321 g/mol. The summed E-state index contributed by atoms with van der Waals surface area (Å²) in [7, 11) is 0. The van der Waals surface area contributed by atoms with Gasteiger partial charge in [-0.15, -0.1) is 0 Å². The average molecular weight is 321 g/mol. The highest BCUT2D eigenvalue weighted by Gasteiger charge is 2.33. The quantitative estimate of drug-likeness (QED) is 0.704. The number of hydrogen-bond donors (Lipinski definition) is 0. The first kappa shape index (κ1) is 14.9. The highest BCUT2D eigenvalue weighted by Crippen LogP contribution is 2.36. The molecule has 2 aliphatic rings. The topological polar surface area (TPSA) is 3.24 Å². The molecule has 0 saturated heterocycles. The number of hydrogen-bond acceptors (Lipinski definition) is 1. The van der Waals surface area contributed by atoms with Gasteiger partial charge in [0.25, 0.3) is 0 Å². The van der Waals surface area contributed by atoms with Gasteiger partial charge in [0.1, 0.15) is 4.99 Å². The molecule has 2 aromatic rings. The third-order valence-electron chi connectivity index (χ3n) is 5.42. The maximum Gasteiger partial charge on any atom is 0.109 e. The van der Waals surface area contributed by atoms with E-state index in [1.165, 1.54) is 48.8 Å². The largest absolute Gasteiger partial charge is 0.358 e. The Kier molecular flexibility index (Phi) is 4.17. The lowest BCUT2D eigenvalue weighted by Gasteiger charge is -2.43. The highest BCUT2D eigenvalue weighted by atomic mass is 32.1. The Hall–Kier alpha value is -1.67. The molecule has 1 aliphatic carbocycles. The summed E-state index contributed by atoms with van der Waals surface area (Å²) in [4.78, 5) is 3.61. The van der Waals surface area contributed by atoms with Crippen LogP contribution in [-0.2, 0) is 0 Å². The van der Waals surface area contributed by atoms with Gasteiger partial charge in [0.2, 0.25) is 0 Å². The summed E-state index contributed by atoms with van der Waals surface area (Å²) in [6.45, 7) is 1.03. The maximum absolute atomic E-state index is 5.89. The molecule has 0 bridgehead atoms. The Morgan fingerprint density at radius 1 is 0.826 bits per heavy atom. The molecular formula is C21H23NS. The van der Waals surface area contributed by atoms with Crippen molar-refractivity contribution in [2.45, 2.75) is 44.1 Å². The first-order valence-electron chi connectivity index (χ1n) is 8.79. The van der Waals surface area contributed by atoms with E-state index in [4.69, 9.17) is 12.2 Å². The summed E-state index contributed by atoms with van der Waals surface area (Å²) in [6, 6.07) is 20.3. The summed E-state index contributed by atoms with van der Waals surface area (Å²) in [5.41, 5.74) is 4.08. The third-order valence-corrected chi connectivity index (χ3v) is 5.88. The van der Waals surface area contributed by atoms with Crippen LogP contribution in [0.25, 0.3) is 0 Å². The van der Waals surface area contributed by atoms with Crippen LogP contribution in [0.1, 0.15) is 54.7 Å². The number of fused-ring (bicyclic) bond motifs is 1. The molecular weight excluding hydrogens is 298 g/mol. The molecule has 1 heterocycles. The standard InChI is InChI=1S/C21H23NS/c23-21-19-14-8-7-13-18(19)20(16-9-3-1-4-10-16)15-22(21)17-11-5-2-6-12-17/h1,3-4,7-10,13-14,17,20H,2,5-6,11-12,15H2. The van der Waals surface area contributed by atoms with E-state index < -0.39 is 0 Å². The minimum Gasteiger partial charge on any atom is -0.358 e. The Bertz CT molecular complexity index is 688. The first-order valence-corrected chi connectivity index (χ1v) is 9.20. The minimum absolute atomic E-state index is 0.432. The summed E-state index contributed by atoms with van der Waals surface area (Å²) in [6.07, 6.45) is 6.67. The van der Waals surface area contributed by atoms with Crippen molar-refractivity contribution in [3.63, 3.8) is 0 Å². The molecule has 1 nitrogen and oxygen atoms in total. The highest BCUT2D eigenvalue weighted by molar-refractivity contribution is 7.80. The SMILES string of the molecule is S=C1c2ccccc2C(c2ccccc2)CN1C1CCCCC1. The van der Waals surface area contributed by atoms with Crippen molar-refractivity contribution in [2.24, 2.45) is 0 Å². The maximum atomic E-state index is 5.89. The van der Waals surface area contributed by atoms with Crippen LogP contribution in [0.3, 0.4) is 0 Å². The zero-order chi connectivity index (χ0) is 15.6. The zero-order valence-electron chi connectivity index (χ0n) is 13.4. The second-order valence-corrected chi connectivity index (χ2v) is 7.19. The number of benzene rings is 2. The molecule has 0 N–H and O–H groups in total. The summed E-state index contributed by atoms with van der Waals surface area (Å²) in [5, 5.41) is 0. The molecule has 1 saturated carbocycles. The molecule has 118 valence electrons. The number of nitrogens with zero attached hydrogens (tertiary/aromatic N) is 1. The van der Waals surface area contributed by atoms with Crippen molar-refractivity contribution < 1.29 is 0 Å². The lowest BCUT2D eigenvalue weighted by Crippen LogP contribution is -2.46. The normalized spacial score (nSPS) is 22.0. The predicted molar refractivity (Wildman–Crippen MR) is 100 cm³/mol. The average Bonchev–Trinajstić information content (AvgIpc) is 2.64. The van der Waals surface area contributed by atoms with E-state index in [9.17, 15) is 0 Å². The lowest BCUT2D eigenvalue weighted by atomic mass is 9.82. The van der Waals surface area contributed by atoms with E-state index in [1.54, 1.807) is 0 Å². The fourth-order valence-corrected chi connectivity index (χ4v) is 4.62. The molecule has 0 spiro atoms. The van der Waals surface area contributed by atoms with E-state index in [2.05, 4.69) is 59.5 Å². The van der Waals surface area contributed by atoms with Crippen molar-refractivity contribution in [3.05, 3.63) is 71.3 Å². The molecule has 1 aliphatic heterocycles. The molecule has 1 fully saturated rings. The second kappa shape index (κ2) is 6.45. The van der Waals surface area contributed by atoms with Crippen molar-refractivity contribution in [1.29, 1.82) is 0 Å². The van der Waals surface area contributed by atoms with E-state index in [-0.39, 0.29) is 0 Å². The lowest BCUT2D eigenvalue weighted by molar-refractivity contribution is 0.237. The fraction of sp³-hybridized carbons (Fsp3) is 0.381. The van der Waals surface area contributed by atoms with Crippen molar-refractivity contribution in [1.82, 2.24) is 4.90 Å². The van der Waals surface area contributed by atoms with Crippen LogP contribution in [0.5, 0.6) is 0 Å². The van der Waals surface area contributed by atoms with Gasteiger partial charge in [-0.1, -0.05) is 86.1 Å². The van der Waals surface area contributed by atoms with Gasteiger partial charge in [0.05, 0.1) is 0 Å². The molecule has 1 unspecified atom stereocenters. The molecule has 0 radical (unpaired) electrons. The summed E-state index contributed by atoms with van der Waals surface area (Å²) < 4.78 is 0. The van der Waals surface area contributed by atoms with Crippen LogP contribution in [0.4, 0.5) is 0 Å². The van der Waals surface area contributed by atoms with E-state index in [0.29, 0.717) is 12.0 Å². The van der Waals surface area contributed by atoms with Crippen LogP contribution in [0, 0.1) is 0 Å². The molecule has 2 aromatic carbocycles. The van der Waals surface area contributed by atoms with Crippen molar-refractivity contribution >= 4 is 17.2 Å². The zero-order valence-corrected chi connectivity index (χ0v) is 14.3. The van der Waals surface area contributed by atoms with Crippen LogP contribution in [0.15, 0.2) is 54.6 Å². The molecule has 4 rings (SSSR count). The Balaban J connectivity index is 1.74. The van der Waals surface area contributed by atoms with Crippen molar-refractivity contribution in [2.75, 3.05) is 6.54 Å². The summed E-state index contributed by atoms with van der Waals surface area (Å²) >= 11 is 5.89. The minimum atomic E-state index is 0.432. The van der Waals surface area contributed by atoms with E-state index in [1.807, 2.05) is 0 Å². The van der Waals surface area contributed by atoms with Gasteiger partial charge in [-0.25, -0.2) is 0 Å². The molecule has 23 heavy (non-hydrogen) atoms. The Morgan fingerprint density at radius 2 is 1.52 bits per heavy atom. The Labute approximate surface area is 144 Å². The second-order valence-electron chi connectivity index (χ2n) is 6.80. The van der Waals surface area contributed by atoms with Crippen LogP contribution in [0.2, 0.25) is 0 Å². The summed E-state index contributed by atoms with van der Waals surface area (Å²) in [5.74, 6) is 0.432. The van der Waals surface area contributed by atoms with Gasteiger partial charge in [0.15, 0.2) is 0 Å². The van der Waals surface area contributed by atoms with Gasteiger partial charge in [-0.2, -0.15) is 0 Å². The Morgan fingerprint density at radius 3 is 2.30 bits per heavy atom.